The van der Waals surface area contributed by atoms with Crippen LogP contribution in [0.2, 0.25) is 5.02 Å². The SMILES string of the molecule is COc1ccc(N2CCN(C(=O)c3sc4cc(Cl)ccc4c3OC)CC2)cc1. The topological polar surface area (TPSA) is 42.0 Å². The number of fused-ring (bicyclic) bond motifs is 1. The molecule has 3 aromatic rings. The number of piperazine rings is 1. The molecule has 0 aliphatic carbocycles. The van der Waals surface area contributed by atoms with Gasteiger partial charge < -0.3 is 19.3 Å². The highest BCUT2D eigenvalue weighted by atomic mass is 35.5. The smallest absolute Gasteiger partial charge is 0.267 e. The van der Waals surface area contributed by atoms with Crippen molar-refractivity contribution in [3.05, 3.63) is 52.4 Å². The third-order valence-electron chi connectivity index (χ3n) is 5.01. The Balaban J connectivity index is 1.50. The summed E-state index contributed by atoms with van der Waals surface area (Å²) in [5.74, 6) is 1.50. The number of methoxy groups -OCH3 is 2. The van der Waals surface area contributed by atoms with Crippen LogP contribution in [0.1, 0.15) is 9.67 Å². The molecule has 0 radical (unpaired) electrons. The number of hydrogen-bond acceptors (Lipinski definition) is 5. The highest BCUT2D eigenvalue weighted by Crippen LogP contribution is 2.39. The van der Waals surface area contributed by atoms with Crippen LogP contribution >= 0.6 is 22.9 Å². The Morgan fingerprint density at radius 3 is 2.36 bits per heavy atom. The van der Waals surface area contributed by atoms with Crippen LogP contribution in [0.25, 0.3) is 10.1 Å². The number of hydrogen-bond donors (Lipinski definition) is 0. The largest absolute Gasteiger partial charge is 0.497 e. The van der Waals surface area contributed by atoms with E-state index in [0.29, 0.717) is 28.7 Å². The maximum Gasteiger partial charge on any atom is 0.267 e. The molecule has 0 spiro atoms. The molecule has 2 aromatic carbocycles. The number of halogens is 1. The van der Waals surface area contributed by atoms with Crippen molar-refractivity contribution in [2.45, 2.75) is 0 Å². The van der Waals surface area contributed by atoms with Crippen LogP contribution in [0.15, 0.2) is 42.5 Å². The summed E-state index contributed by atoms with van der Waals surface area (Å²) in [6, 6.07) is 13.6. The molecule has 1 aliphatic rings. The van der Waals surface area contributed by atoms with E-state index in [1.807, 2.05) is 35.2 Å². The van der Waals surface area contributed by atoms with Gasteiger partial charge in [0.05, 0.1) is 14.2 Å². The molecular formula is C21H21ClN2O3S. The summed E-state index contributed by atoms with van der Waals surface area (Å²) in [4.78, 5) is 18.0. The maximum absolute atomic E-state index is 13.1. The number of nitrogens with zero attached hydrogens (tertiary/aromatic N) is 2. The van der Waals surface area contributed by atoms with Crippen LogP contribution in [-0.4, -0.2) is 51.2 Å². The minimum absolute atomic E-state index is 0.0172. The summed E-state index contributed by atoms with van der Waals surface area (Å²) < 4.78 is 11.7. The van der Waals surface area contributed by atoms with Gasteiger partial charge in [0.15, 0.2) is 0 Å². The summed E-state index contributed by atoms with van der Waals surface area (Å²) in [7, 11) is 3.27. The number of rotatable bonds is 4. The summed E-state index contributed by atoms with van der Waals surface area (Å²) in [5, 5.41) is 1.58. The zero-order valence-electron chi connectivity index (χ0n) is 15.8. The van der Waals surface area contributed by atoms with E-state index in [9.17, 15) is 4.79 Å². The summed E-state index contributed by atoms with van der Waals surface area (Å²) in [6.45, 7) is 2.92. The van der Waals surface area contributed by atoms with Gasteiger partial charge in [-0.3, -0.25) is 4.79 Å². The first-order valence-electron chi connectivity index (χ1n) is 9.05. The number of carbonyl (C=O) groups is 1. The van der Waals surface area contributed by atoms with E-state index in [-0.39, 0.29) is 5.91 Å². The fraction of sp³-hybridized carbons (Fsp3) is 0.286. The molecule has 0 bridgehead atoms. The molecule has 1 aliphatic heterocycles. The van der Waals surface area contributed by atoms with Gasteiger partial charge in [-0.15, -0.1) is 11.3 Å². The van der Waals surface area contributed by atoms with E-state index in [0.717, 1.165) is 34.6 Å². The van der Waals surface area contributed by atoms with Crippen molar-refractivity contribution in [1.29, 1.82) is 0 Å². The van der Waals surface area contributed by atoms with E-state index in [1.54, 1.807) is 14.2 Å². The second-order valence-corrected chi connectivity index (χ2v) is 8.07. The molecule has 2 heterocycles. The molecular weight excluding hydrogens is 396 g/mol. The first kappa shape index (κ1) is 18.9. The quantitative estimate of drug-likeness (QED) is 0.626. The Labute approximate surface area is 173 Å². The van der Waals surface area contributed by atoms with Crippen LogP contribution in [0.3, 0.4) is 0 Å². The standard InChI is InChI=1S/C21H21ClN2O3S/c1-26-16-6-4-15(5-7-16)23-9-11-24(12-10-23)21(25)20-19(27-2)17-8-3-14(22)13-18(17)28-20/h3-8,13H,9-12H2,1-2H3. The Morgan fingerprint density at radius 2 is 1.71 bits per heavy atom. The number of amides is 1. The van der Waals surface area contributed by atoms with Crippen molar-refractivity contribution in [3.63, 3.8) is 0 Å². The lowest BCUT2D eigenvalue weighted by atomic mass is 10.2. The predicted octanol–water partition coefficient (Wildman–Crippen LogP) is 4.53. The molecule has 146 valence electrons. The van der Waals surface area contributed by atoms with Gasteiger partial charge in [0.25, 0.3) is 5.91 Å². The minimum atomic E-state index is 0.0172. The monoisotopic (exact) mass is 416 g/mol. The molecule has 1 fully saturated rings. The van der Waals surface area contributed by atoms with E-state index in [4.69, 9.17) is 21.1 Å². The molecule has 0 atom stereocenters. The number of anilines is 1. The van der Waals surface area contributed by atoms with Crippen molar-refractivity contribution in [2.75, 3.05) is 45.3 Å². The first-order chi connectivity index (χ1) is 13.6. The molecule has 5 nitrogen and oxygen atoms in total. The van der Waals surface area contributed by atoms with Crippen molar-refractivity contribution < 1.29 is 14.3 Å². The second-order valence-electron chi connectivity index (χ2n) is 6.58. The van der Waals surface area contributed by atoms with E-state index in [2.05, 4.69) is 17.0 Å². The zero-order valence-corrected chi connectivity index (χ0v) is 17.3. The Hall–Kier alpha value is -2.44. The molecule has 0 unspecified atom stereocenters. The Bertz CT molecular complexity index is 995. The number of benzene rings is 2. The van der Waals surface area contributed by atoms with Gasteiger partial charge in [-0.25, -0.2) is 0 Å². The van der Waals surface area contributed by atoms with Gasteiger partial charge in [0, 0.05) is 47.0 Å². The lowest BCUT2D eigenvalue weighted by Gasteiger charge is -2.36. The summed E-state index contributed by atoms with van der Waals surface area (Å²) in [5.41, 5.74) is 1.14. The van der Waals surface area contributed by atoms with Gasteiger partial charge in [-0.1, -0.05) is 11.6 Å². The van der Waals surface area contributed by atoms with E-state index < -0.39 is 0 Å². The molecule has 7 heteroatoms. The normalized spacial score (nSPS) is 14.4. The lowest BCUT2D eigenvalue weighted by molar-refractivity contribution is 0.0749. The van der Waals surface area contributed by atoms with Crippen molar-refractivity contribution in [1.82, 2.24) is 4.90 Å². The second kappa shape index (κ2) is 7.89. The van der Waals surface area contributed by atoms with Crippen LogP contribution in [0.5, 0.6) is 11.5 Å². The Kier molecular flexibility index (Phi) is 5.33. The van der Waals surface area contributed by atoms with Crippen LogP contribution in [0.4, 0.5) is 5.69 Å². The van der Waals surface area contributed by atoms with Gasteiger partial charge in [0.2, 0.25) is 0 Å². The van der Waals surface area contributed by atoms with Crippen molar-refractivity contribution in [2.24, 2.45) is 0 Å². The zero-order chi connectivity index (χ0) is 19.7. The summed E-state index contributed by atoms with van der Waals surface area (Å²) >= 11 is 7.54. The van der Waals surface area contributed by atoms with Crippen LogP contribution < -0.4 is 14.4 Å². The average Bonchev–Trinajstić information content (AvgIpc) is 3.11. The highest BCUT2D eigenvalue weighted by Gasteiger charge is 2.27. The van der Waals surface area contributed by atoms with Crippen molar-refractivity contribution in [3.8, 4) is 11.5 Å². The number of ether oxygens (including phenoxy) is 2. The number of carbonyl (C=O) groups excluding carboxylic acids is 1. The summed E-state index contributed by atoms with van der Waals surface area (Å²) in [6.07, 6.45) is 0. The van der Waals surface area contributed by atoms with Gasteiger partial charge in [0.1, 0.15) is 16.4 Å². The fourth-order valence-corrected chi connectivity index (χ4v) is 4.91. The maximum atomic E-state index is 13.1. The lowest BCUT2D eigenvalue weighted by Crippen LogP contribution is -2.48. The van der Waals surface area contributed by atoms with E-state index >= 15 is 0 Å². The Morgan fingerprint density at radius 1 is 1.00 bits per heavy atom. The number of thiophene rings is 1. The molecule has 1 amide bonds. The van der Waals surface area contributed by atoms with Crippen molar-refractivity contribution >= 4 is 44.6 Å². The van der Waals surface area contributed by atoms with Crippen LogP contribution in [0, 0.1) is 0 Å². The molecule has 0 N–H and O–H groups in total. The minimum Gasteiger partial charge on any atom is -0.497 e. The third-order valence-corrected chi connectivity index (χ3v) is 6.37. The highest BCUT2D eigenvalue weighted by molar-refractivity contribution is 7.21. The predicted molar refractivity (Wildman–Crippen MR) is 114 cm³/mol. The molecule has 0 saturated carbocycles. The van der Waals surface area contributed by atoms with E-state index in [1.165, 1.54) is 11.3 Å². The molecule has 1 aromatic heterocycles. The van der Waals surface area contributed by atoms with Gasteiger partial charge >= 0.3 is 0 Å². The molecule has 28 heavy (non-hydrogen) atoms. The first-order valence-corrected chi connectivity index (χ1v) is 10.2. The fourth-order valence-electron chi connectivity index (χ4n) is 3.49. The average molecular weight is 417 g/mol. The van der Waals surface area contributed by atoms with Gasteiger partial charge in [-0.2, -0.15) is 0 Å². The van der Waals surface area contributed by atoms with Gasteiger partial charge in [-0.05, 0) is 42.5 Å². The third kappa shape index (κ3) is 3.50. The molecule has 1 saturated heterocycles. The van der Waals surface area contributed by atoms with Crippen LogP contribution in [-0.2, 0) is 0 Å². The molecule has 4 rings (SSSR count).